The average molecular weight is 575 g/mol. The van der Waals surface area contributed by atoms with Crippen molar-refractivity contribution in [1.29, 1.82) is 0 Å². The highest BCUT2D eigenvalue weighted by Crippen LogP contribution is 2.37. The van der Waals surface area contributed by atoms with Crippen molar-refractivity contribution in [1.82, 2.24) is 41.9 Å². The molecule has 0 spiro atoms. The lowest BCUT2D eigenvalue weighted by Crippen LogP contribution is -2.74. The van der Waals surface area contributed by atoms with E-state index in [-0.39, 0.29) is 54.4 Å². The minimum atomic E-state index is -2.43. The number of halogens is 2. The maximum Gasteiger partial charge on any atom is 0.246 e. The van der Waals surface area contributed by atoms with E-state index in [0.717, 1.165) is 25.0 Å². The summed E-state index contributed by atoms with van der Waals surface area (Å²) in [4.78, 5) is 13.8. The van der Waals surface area contributed by atoms with Crippen LogP contribution >= 0.6 is 0 Å². The molecule has 0 aromatic rings. The van der Waals surface area contributed by atoms with Crippen LogP contribution in [0.1, 0.15) is 39.0 Å². The highest BCUT2D eigenvalue weighted by Gasteiger charge is 2.45. The van der Waals surface area contributed by atoms with E-state index in [1.807, 2.05) is 23.4 Å². The fourth-order valence-corrected chi connectivity index (χ4v) is 7.33. The first kappa shape index (κ1) is 28.8. The van der Waals surface area contributed by atoms with E-state index < -0.39 is 12.3 Å². The molecular formula is C29H44F2N8O2. The van der Waals surface area contributed by atoms with Crippen molar-refractivity contribution >= 4 is 5.91 Å². The Kier molecular flexibility index (Phi) is 8.75. The first-order valence-electron chi connectivity index (χ1n) is 15.1. The lowest BCUT2D eigenvalue weighted by Gasteiger charge is -2.49. The minimum absolute atomic E-state index is 0.0119. The van der Waals surface area contributed by atoms with Gasteiger partial charge in [-0.25, -0.2) is 14.2 Å². The van der Waals surface area contributed by atoms with Crippen molar-refractivity contribution in [3.05, 3.63) is 48.4 Å². The molecule has 0 bridgehead atoms. The lowest BCUT2D eigenvalue weighted by molar-refractivity contribution is -0.125. The van der Waals surface area contributed by atoms with Gasteiger partial charge in [0.05, 0.1) is 18.9 Å². The summed E-state index contributed by atoms with van der Waals surface area (Å²) in [6, 6.07) is 0.224. The summed E-state index contributed by atoms with van der Waals surface area (Å²) in [5.41, 5.74) is 4.53. The first-order chi connectivity index (χ1) is 19.9. The molecule has 0 radical (unpaired) electrons. The van der Waals surface area contributed by atoms with Crippen LogP contribution in [0.2, 0.25) is 0 Å². The Labute approximate surface area is 241 Å². The smallest absolute Gasteiger partial charge is 0.246 e. The second kappa shape index (κ2) is 12.5. The summed E-state index contributed by atoms with van der Waals surface area (Å²) in [5, 5.41) is 19.8. The molecule has 1 amide bonds. The van der Waals surface area contributed by atoms with Crippen LogP contribution in [-0.2, 0) is 9.53 Å². The zero-order valence-electron chi connectivity index (χ0n) is 23.7. The van der Waals surface area contributed by atoms with Crippen LogP contribution in [0.5, 0.6) is 0 Å². The van der Waals surface area contributed by atoms with Crippen molar-refractivity contribution in [2.24, 2.45) is 11.8 Å². The Morgan fingerprint density at radius 3 is 2.88 bits per heavy atom. The van der Waals surface area contributed by atoms with Gasteiger partial charge in [0.25, 0.3) is 0 Å². The largest absolute Gasteiger partial charge is 0.490 e. The highest BCUT2D eigenvalue weighted by atomic mass is 19.3. The standard InChI is InChI=1S/C29H44F2N8O2/c1-3-26(40)38-9-6-18(7-10-38)21-4-5-22-27(36-21)29(34-15-32-22)37-23-12-17(2)24(14-20(23)28(30)31)41-19-8-11-39-25(13-19)33-16-35-39/h3,6,8,11,13,17,20-25,27-29,32-37H,1,4-5,7,9-10,12,14-16H2,2H3. The Balaban J connectivity index is 1.09. The number of allylic oxidation sites excluding steroid dienone is 1. The minimum Gasteiger partial charge on any atom is -0.490 e. The van der Waals surface area contributed by atoms with Crippen molar-refractivity contribution < 1.29 is 18.3 Å². The van der Waals surface area contributed by atoms with Gasteiger partial charge in [0, 0.05) is 50.0 Å². The molecule has 226 valence electrons. The average Bonchev–Trinajstić information content (AvgIpc) is 3.46. The molecule has 5 aliphatic heterocycles. The summed E-state index contributed by atoms with van der Waals surface area (Å²) < 4.78 is 35.3. The zero-order chi connectivity index (χ0) is 28.5. The summed E-state index contributed by atoms with van der Waals surface area (Å²) in [5.74, 6) is 0.0263. The van der Waals surface area contributed by atoms with Crippen molar-refractivity contribution in [2.45, 2.75) is 88.1 Å². The van der Waals surface area contributed by atoms with Crippen LogP contribution < -0.4 is 32.0 Å². The van der Waals surface area contributed by atoms with Crippen LogP contribution in [0.15, 0.2) is 48.4 Å². The molecule has 4 fully saturated rings. The van der Waals surface area contributed by atoms with Crippen LogP contribution in [-0.4, -0.2) is 91.3 Å². The van der Waals surface area contributed by atoms with Crippen LogP contribution in [0.4, 0.5) is 8.78 Å². The van der Waals surface area contributed by atoms with E-state index in [1.165, 1.54) is 11.6 Å². The van der Waals surface area contributed by atoms with Gasteiger partial charge >= 0.3 is 0 Å². The fourth-order valence-electron chi connectivity index (χ4n) is 7.33. The third kappa shape index (κ3) is 6.23. The number of ether oxygens (including phenoxy) is 1. The number of amides is 1. The molecule has 0 aromatic carbocycles. The van der Waals surface area contributed by atoms with Crippen LogP contribution in [0.3, 0.4) is 0 Å². The van der Waals surface area contributed by atoms with Crippen molar-refractivity contribution in [3.63, 3.8) is 0 Å². The molecule has 1 saturated carbocycles. The summed E-state index contributed by atoms with van der Waals surface area (Å²) in [6.45, 7) is 8.32. The van der Waals surface area contributed by atoms with Crippen molar-refractivity contribution in [2.75, 3.05) is 26.4 Å². The normalized spacial score (nSPS) is 39.1. The van der Waals surface area contributed by atoms with Gasteiger partial charge in [-0.2, -0.15) is 0 Å². The quantitative estimate of drug-likeness (QED) is 0.197. The predicted octanol–water partition coefficient (Wildman–Crippen LogP) is 1.06. The Morgan fingerprint density at radius 2 is 2.10 bits per heavy atom. The van der Waals surface area contributed by atoms with E-state index in [4.69, 9.17) is 4.74 Å². The van der Waals surface area contributed by atoms with E-state index in [9.17, 15) is 13.6 Å². The van der Waals surface area contributed by atoms with Gasteiger partial charge in [-0.05, 0) is 56.3 Å². The van der Waals surface area contributed by atoms with Gasteiger partial charge in [0.15, 0.2) is 0 Å². The van der Waals surface area contributed by atoms with Gasteiger partial charge in [0.2, 0.25) is 12.3 Å². The molecule has 9 unspecified atom stereocenters. The molecule has 5 heterocycles. The number of hydrogen-bond acceptors (Lipinski definition) is 9. The molecule has 0 aromatic heterocycles. The van der Waals surface area contributed by atoms with Gasteiger partial charge < -0.3 is 15.0 Å². The molecule has 6 N–H and O–H groups in total. The maximum atomic E-state index is 14.5. The van der Waals surface area contributed by atoms with E-state index in [2.05, 4.69) is 51.6 Å². The van der Waals surface area contributed by atoms with Crippen LogP contribution in [0, 0.1) is 11.8 Å². The number of nitrogens with one attached hydrogen (secondary N) is 6. The van der Waals surface area contributed by atoms with E-state index >= 15 is 0 Å². The molecule has 9 atom stereocenters. The number of nitrogens with zero attached hydrogens (tertiary/aromatic N) is 2. The second-order valence-electron chi connectivity index (χ2n) is 12.2. The molecule has 12 heteroatoms. The summed E-state index contributed by atoms with van der Waals surface area (Å²) in [7, 11) is 0. The number of carbonyl (C=O) groups excluding carboxylic acids is 1. The summed E-state index contributed by atoms with van der Waals surface area (Å²) >= 11 is 0. The number of hydrogen-bond donors (Lipinski definition) is 6. The third-order valence-corrected chi connectivity index (χ3v) is 9.70. The van der Waals surface area contributed by atoms with Crippen molar-refractivity contribution in [3.8, 4) is 0 Å². The number of carbonyl (C=O) groups is 1. The molecule has 3 saturated heterocycles. The van der Waals surface area contributed by atoms with Gasteiger partial charge in [-0.3, -0.25) is 31.1 Å². The van der Waals surface area contributed by atoms with E-state index in [1.54, 1.807) is 4.90 Å². The number of rotatable bonds is 7. The Hall–Kier alpha value is -2.35. The molecule has 10 nitrogen and oxygen atoms in total. The molecule has 6 aliphatic rings. The summed E-state index contributed by atoms with van der Waals surface area (Å²) in [6.07, 6.45) is 10.3. The van der Waals surface area contributed by atoms with Crippen LogP contribution in [0.25, 0.3) is 0 Å². The molecular weight excluding hydrogens is 530 g/mol. The third-order valence-electron chi connectivity index (χ3n) is 9.70. The zero-order valence-corrected chi connectivity index (χ0v) is 23.7. The van der Waals surface area contributed by atoms with Gasteiger partial charge in [-0.1, -0.05) is 25.2 Å². The molecule has 1 aliphatic carbocycles. The monoisotopic (exact) mass is 574 g/mol. The molecule has 6 rings (SSSR count). The first-order valence-corrected chi connectivity index (χ1v) is 15.1. The second-order valence-corrected chi connectivity index (χ2v) is 12.2. The lowest BCUT2D eigenvalue weighted by atomic mass is 9.76. The molecule has 41 heavy (non-hydrogen) atoms. The number of fused-ring (bicyclic) bond motifs is 2. The Bertz CT molecular complexity index is 1070. The van der Waals surface area contributed by atoms with E-state index in [0.29, 0.717) is 39.3 Å². The van der Waals surface area contributed by atoms with Gasteiger partial charge in [-0.15, -0.1) is 0 Å². The SMILES string of the molecule is C=CC(=O)N1CC=C(C2CCC3NCNC(NC4CC(C)C(OC5=CC6NCNN6C=C5)CC4C(F)F)C3N2)CC1. The maximum absolute atomic E-state index is 14.5. The number of hydrazine groups is 1. The highest BCUT2D eigenvalue weighted by molar-refractivity contribution is 5.87. The predicted molar refractivity (Wildman–Crippen MR) is 152 cm³/mol. The fraction of sp³-hybridized carbons (Fsp3) is 0.690. The number of alkyl halides is 2. The number of piperidine rings is 1. The topological polar surface area (TPSA) is 105 Å². The Morgan fingerprint density at radius 1 is 1.22 bits per heavy atom. The van der Waals surface area contributed by atoms with Gasteiger partial charge in [0.1, 0.15) is 18.0 Å².